The fourth-order valence-electron chi connectivity index (χ4n) is 3.06. The zero-order valence-corrected chi connectivity index (χ0v) is 14.3. The maximum atomic E-state index is 13.5. The predicted octanol–water partition coefficient (Wildman–Crippen LogP) is 2.97. The minimum absolute atomic E-state index is 0.128. The molecule has 1 amide bonds. The van der Waals surface area contributed by atoms with Crippen molar-refractivity contribution in [1.29, 1.82) is 0 Å². The number of nitrogens with one attached hydrogen (secondary N) is 1. The fourth-order valence-corrected chi connectivity index (χ4v) is 3.06. The van der Waals surface area contributed by atoms with Gasteiger partial charge >= 0.3 is 0 Å². The summed E-state index contributed by atoms with van der Waals surface area (Å²) in [5.74, 6) is -0.160. The van der Waals surface area contributed by atoms with Crippen LogP contribution in [-0.4, -0.2) is 48.4 Å². The molecule has 0 aromatic heterocycles. The molecule has 0 atom stereocenters. The van der Waals surface area contributed by atoms with Crippen molar-refractivity contribution in [2.75, 3.05) is 38.0 Å². The molecular weight excluding hydrogens is 317 g/mol. The van der Waals surface area contributed by atoms with Gasteiger partial charge in [-0.25, -0.2) is 4.39 Å². The highest BCUT2D eigenvalue weighted by molar-refractivity contribution is 5.76. The summed E-state index contributed by atoms with van der Waals surface area (Å²) in [6.45, 7) is 4.67. The zero-order valence-electron chi connectivity index (χ0n) is 14.3. The first-order valence-electron chi connectivity index (χ1n) is 8.75. The monoisotopic (exact) mass is 341 g/mol. The van der Waals surface area contributed by atoms with Gasteiger partial charge in [0.2, 0.25) is 5.91 Å². The average molecular weight is 341 g/mol. The molecule has 1 N–H and O–H groups in total. The van der Waals surface area contributed by atoms with E-state index < -0.39 is 0 Å². The number of benzene rings is 2. The number of hydrogen-bond acceptors (Lipinski definition) is 3. The van der Waals surface area contributed by atoms with Gasteiger partial charge in [-0.3, -0.25) is 9.69 Å². The molecule has 132 valence electrons. The lowest BCUT2D eigenvalue weighted by Crippen LogP contribution is -2.48. The molecule has 0 spiro atoms. The minimum Gasteiger partial charge on any atom is -0.382 e. The lowest BCUT2D eigenvalue weighted by molar-refractivity contribution is -0.132. The molecule has 0 saturated carbocycles. The van der Waals surface area contributed by atoms with Gasteiger partial charge in [-0.05, 0) is 17.7 Å². The molecule has 0 radical (unpaired) electrons. The lowest BCUT2D eigenvalue weighted by atomic mass is 10.2. The largest absolute Gasteiger partial charge is 0.382 e. The zero-order chi connectivity index (χ0) is 17.5. The second kappa shape index (κ2) is 8.62. The molecule has 2 aromatic carbocycles. The molecule has 1 saturated heterocycles. The second-order valence-corrected chi connectivity index (χ2v) is 6.30. The normalized spacial score (nSPS) is 15.2. The fraction of sp³-hybridized carbons (Fsp3) is 0.350. The van der Waals surface area contributed by atoms with Crippen LogP contribution in [0.3, 0.4) is 0 Å². The standard InChI is InChI=1S/C20H24FN3O/c21-18-8-4-5-9-19(18)22-11-10-20(25)24-14-12-23(13-15-24)16-17-6-2-1-3-7-17/h1-9,22H,10-16H2. The molecule has 1 aliphatic rings. The Balaban J connectivity index is 1.39. The van der Waals surface area contributed by atoms with E-state index in [-0.39, 0.29) is 11.7 Å². The van der Waals surface area contributed by atoms with Crippen LogP contribution in [0, 0.1) is 5.82 Å². The van der Waals surface area contributed by atoms with Gasteiger partial charge in [-0.1, -0.05) is 42.5 Å². The number of halogens is 1. The molecule has 3 rings (SSSR count). The second-order valence-electron chi connectivity index (χ2n) is 6.30. The molecule has 2 aromatic rings. The van der Waals surface area contributed by atoms with E-state index >= 15 is 0 Å². The summed E-state index contributed by atoms with van der Waals surface area (Å²) in [6.07, 6.45) is 0.382. The van der Waals surface area contributed by atoms with Crippen molar-refractivity contribution in [3.63, 3.8) is 0 Å². The summed E-state index contributed by atoms with van der Waals surface area (Å²) in [5, 5.41) is 2.99. The number of rotatable bonds is 6. The van der Waals surface area contributed by atoms with Crippen molar-refractivity contribution in [2.45, 2.75) is 13.0 Å². The molecule has 4 nitrogen and oxygen atoms in total. The Labute approximate surface area is 148 Å². The van der Waals surface area contributed by atoms with Crippen LogP contribution in [0.5, 0.6) is 0 Å². The number of anilines is 1. The summed E-state index contributed by atoms with van der Waals surface area (Å²) in [4.78, 5) is 16.6. The van der Waals surface area contributed by atoms with E-state index in [9.17, 15) is 9.18 Å². The Morgan fingerprint density at radius 2 is 1.64 bits per heavy atom. The van der Waals surface area contributed by atoms with Crippen LogP contribution in [0.15, 0.2) is 54.6 Å². The third-order valence-corrected chi connectivity index (χ3v) is 4.50. The van der Waals surface area contributed by atoms with Crippen molar-refractivity contribution in [3.8, 4) is 0 Å². The number of nitrogens with zero attached hydrogens (tertiary/aromatic N) is 2. The lowest BCUT2D eigenvalue weighted by Gasteiger charge is -2.34. The number of para-hydroxylation sites is 1. The predicted molar refractivity (Wildman–Crippen MR) is 97.8 cm³/mol. The number of piperazine rings is 1. The SMILES string of the molecule is O=C(CCNc1ccccc1F)N1CCN(Cc2ccccc2)CC1. The van der Waals surface area contributed by atoms with Crippen molar-refractivity contribution in [3.05, 3.63) is 66.0 Å². The van der Waals surface area contributed by atoms with Crippen LogP contribution in [0.1, 0.15) is 12.0 Å². The Hall–Kier alpha value is -2.40. The molecule has 1 heterocycles. The van der Waals surface area contributed by atoms with Gasteiger partial charge in [0, 0.05) is 45.7 Å². The highest BCUT2D eigenvalue weighted by Gasteiger charge is 2.20. The van der Waals surface area contributed by atoms with Crippen LogP contribution in [-0.2, 0) is 11.3 Å². The van der Waals surface area contributed by atoms with Gasteiger partial charge in [0.15, 0.2) is 0 Å². The van der Waals surface area contributed by atoms with Gasteiger partial charge in [0.25, 0.3) is 0 Å². The van der Waals surface area contributed by atoms with Crippen molar-refractivity contribution >= 4 is 11.6 Å². The molecule has 0 unspecified atom stereocenters. The number of amides is 1. The van der Waals surface area contributed by atoms with Gasteiger partial charge < -0.3 is 10.2 Å². The first kappa shape index (κ1) is 17.4. The van der Waals surface area contributed by atoms with E-state index in [1.54, 1.807) is 18.2 Å². The van der Waals surface area contributed by atoms with E-state index in [0.29, 0.717) is 18.7 Å². The van der Waals surface area contributed by atoms with Crippen LogP contribution in [0.25, 0.3) is 0 Å². The van der Waals surface area contributed by atoms with Crippen molar-refractivity contribution in [1.82, 2.24) is 9.80 Å². The Morgan fingerprint density at radius 1 is 0.960 bits per heavy atom. The van der Waals surface area contributed by atoms with E-state index in [1.165, 1.54) is 11.6 Å². The van der Waals surface area contributed by atoms with E-state index in [0.717, 1.165) is 32.7 Å². The highest BCUT2D eigenvalue weighted by Crippen LogP contribution is 2.13. The summed E-state index contributed by atoms with van der Waals surface area (Å²) in [6, 6.07) is 16.9. The third-order valence-electron chi connectivity index (χ3n) is 4.50. The molecular formula is C20H24FN3O. The van der Waals surface area contributed by atoms with E-state index in [2.05, 4.69) is 34.5 Å². The molecule has 1 fully saturated rings. The Morgan fingerprint density at radius 3 is 2.36 bits per heavy atom. The number of carbonyl (C=O) groups is 1. The van der Waals surface area contributed by atoms with Crippen LogP contribution >= 0.6 is 0 Å². The van der Waals surface area contributed by atoms with Gasteiger partial charge in [0.1, 0.15) is 5.82 Å². The third kappa shape index (κ3) is 5.03. The first-order chi connectivity index (χ1) is 12.2. The van der Waals surface area contributed by atoms with E-state index in [1.807, 2.05) is 11.0 Å². The summed E-state index contributed by atoms with van der Waals surface area (Å²) in [7, 11) is 0. The van der Waals surface area contributed by atoms with Crippen molar-refractivity contribution in [2.24, 2.45) is 0 Å². The molecule has 5 heteroatoms. The van der Waals surface area contributed by atoms with Crippen LogP contribution in [0.2, 0.25) is 0 Å². The van der Waals surface area contributed by atoms with Gasteiger partial charge in [0.05, 0.1) is 5.69 Å². The average Bonchev–Trinajstić information content (AvgIpc) is 2.65. The summed E-state index contributed by atoms with van der Waals surface area (Å²) < 4.78 is 13.5. The molecule has 0 aliphatic carbocycles. The summed E-state index contributed by atoms with van der Waals surface area (Å²) >= 11 is 0. The molecule has 1 aliphatic heterocycles. The smallest absolute Gasteiger partial charge is 0.224 e. The quantitative estimate of drug-likeness (QED) is 0.877. The van der Waals surface area contributed by atoms with Gasteiger partial charge in [-0.2, -0.15) is 0 Å². The molecule has 0 bridgehead atoms. The molecule has 25 heavy (non-hydrogen) atoms. The number of hydrogen-bond donors (Lipinski definition) is 1. The topological polar surface area (TPSA) is 35.6 Å². The van der Waals surface area contributed by atoms with Crippen LogP contribution < -0.4 is 5.32 Å². The Bertz CT molecular complexity index is 684. The van der Waals surface area contributed by atoms with Gasteiger partial charge in [-0.15, -0.1) is 0 Å². The maximum Gasteiger partial charge on any atom is 0.224 e. The maximum absolute atomic E-state index is 13.5. The summed E-state index contributed by atoms with van der Waals surface area (Å²) in [5.41, 5.74) is 1.75. The van der Waals surface area contributed by atoms with Crippen LogP contribution in [0.4, 0.5) is 10.1 Å². The Kier molecular flexibility index (Phi) is 6.01. The van der Waals surface area contributed by atoms with E-state index in [4.69, 9.17) is 0 Å². The minimum atomic E-state index is -0.288. The number of carbonyl (C=O) groups excluding carboxylic acids is 1. The van der Waals surface area contributed by atoms with Crippen molar-refractivity contribution < 1.29 is 9.18 Å². The highest BCUT2D eigenvalue weighted by atomic mass is 19.1. The first-order valence-corrected chi connectivity index (χ1v) is 8.75.